The first-order chi connectivity index (χ1) is 14.7. The molecule has 1 heterocycles. The van der Waals surface area contributed by atoms with Crippen molar-refractivity contribution in [3.05, 3.63) is 34.9 Å². The minimum Gasteiger partial charge on any atom is -0.412 e. The molecule has 8 heteroatoms. The van der Waals surface area contributed by atoms with E-state index in [0.717, 1.165) is 50.2 Å². The Labute approximate surface area is 211 Å². The van der Waals surface area contributed by atoms with Crippen molar-refractivity contribution in [2.24, 2.45) is 11.3 Å². The Balaban J connectivity index is 0.00000363. The van der Waals surface area contributed by atoms with Crippen molar-refractivity contribution in [3.8, 4) is 0 Å². The minimum absolute atomic E-state index is 0. The molecule has 3 rings (SSSR count). The number of aliphatic hydroxyl groups is 1. The van der Waals surface area contributed by atoms with Gasteiger partial charge in [-0.2, -0.15) is 0 Å². The molecular formula is C26H48ClN3O4. The Hall–Kier alpha value is -1.22. The predicted molar refractivity (Wildman–Crippen MR) is 141 cm³/mol. The van der Waals surface area contributed by atoms with Gasteiger partial charge in [0.1, 0.15) is 0 Å². The average molecular weight is 502 g/mol. The number of benzene rings is 1. The normalized spacial score (nSPS) is 24.9. The molecule has 1 aliphatic carbocycles. The van der Waals surface area contributed by atoms with Crippen LogP contribution in [0.4, 0.5) is 0 Å². The van der Waals surface area contributed by atoms with Crippen LogP contribution in [0.15, 0.2) is 24.3 Å². The molecule has 198 valence electrons. The van der Waals surface area contributed by atoms with Gasteiger partial charge in [0.2, 0.25) is 5.91 Å². The lowest BCUT2D eigenvalue weighted by molar-refractivity contribution is -0.138. The van der Waals surface area contributed by atoms with Gasteiger partial charge in [0.15, 0.2) is 0 Å². The molecule has 7 nitrogen and oxygen atoms in total. The SMILES string of the molecule is C.CC(C)[C@@H](NCNC1CCCCC1O)C(=O)N1CCC(c2ccc(Cl)cc2)C(C)(C)C1.O.O. The summed E-state index contributed by atoms with van der Waals surface area (Å²) in [6, 6.07) is 8.06. The van der Waals surface area contributed by atoms with E-state index in [0.29, 0.717) is 12.6 Å². The monoisotopic (exact) mass is 501 g/mol. The number of halogens is 1. The van der Waals surface area contributed by atoms with Crippen LogP contribution in [0.2, 0.25) is 5.02 Å². The largest absolute Gasteiger partial charge is 0.412 e. The highest BCUT2D eigenvalue weighted by Gasteiger charge is 2.40. The van der Waals surface area contributed by atoms with Crippen molar-refractivity contribution < 1.29 is 20.9 Å². The quantitative estimate of drug-likeness (QED) is 0.496. The van der Waals surface area contributed by atoms with Gasteiger partial charge >= 0.3 is 0 Å². The van der Waals surface area contributed by atoms with E-state index in [1.165, 1.54) is 5.56 Å². The Morgan fingerprint density at radius 2 is 1.76 bits per heavy atom. The Morgan fingerprint density at radius 1 is 1.15 bits per heavy atom. The zero-order valence-corrected chi connectivity index (χ0v) is 21.3. The molecule has 1 amide bonds. The zero-order chi connectivity index (χ0) is 22.6. The van der Waals surface area contributed by atoms with Crippen molar-refractivity contribution in [1.29, 1.82) is 0 Å². The number of aliphatic hydroxyl groups excluding tert-OH is 1. The number of rotatable bonds is 7. The molecule has 3 unspecified atom stereocenters. The number of hydrogen-bond donors (Lipinski definition) is 3. The van der Waals surface area contributed by atoms with Crippen LogP contribution in [0.3, 0.4) is 0 Å². The third-order valence-corrected chi connectivity index (χ3v) is 7.41. The van der Waals surface area contributed by atoms with E-state index in [-0.39, 0.29) is 53.8 Å². The van der Waals surface area contributed by atoms with E-state index in [4.69, 9.17) is 11.6 Å². The number of amides is 1. The fraction of sp³-hybridized carbons (Fsp3) is 0.731. The summed E-state index contributed by atoms with van der Waals surface area (Å²) in [5.74, 6) is 0.792. The van der Waals surface area contributed by atoms with E-state index >= 15 is 0 Å². The maximum atomic E-state index is 13.4. The predicted octanol–water partition coefficient (Wildman–Crippen LogP) is 3.13. The van der Waals surface area contributed by atoms with E-state index in [1.54, 1.807) is 0 Å². The van der Waals surface area contributed by atoms with Crippen LogP contribution in [-0.2, 0) is 4.79 Å². The second kappa shape index (κ2) is 14.4. The van der Waals surface area contributed by atoms with Crippen LogP contribution in [0.1, 0.15) is 78.7 Å². The van der Waals surface area contributed by atoms with Gasteiger partial charge < -0.3 is 21.0 Å². The lowest BCUT2D eigenvalue weighted by Crippen LogP contribution is -2.57. The number of hydrogen-bond acceptors (Lipinski definition) is 4. The van der Waals surface area contributed by atoms with Gasteiger partial charge in [0, 0.05) is 30.8 Å². The third-order valence-electron chi connectivity index (χ3n) is 7.16. The van der Waals surface area contributed by atoms with Crippen molar-refractivity contribution in [2.75, 3.05) is 19.8 Å². The van der Waals surface area contributed by atoms with Crippen molar-refractivity contribution >= 4 is 17.5 Å². The fourth-order valence-electron chi connectivity index (χ4n) is 5.31. The fourth-order valence-corrected chi connectivity index (χ4v) is 5.44. The topological polar surface area (TPSA) is 128 Å². The van der Waals surface area contributed by atoms with Gasteiger partial charge in [0.25, 0.3) is 0 Å². The molecule has 0 spiro atoms. The molecule has 0 radical (unpaired) electrons. The first kappa shape index (κ1) is 32.8. The lowest BCUT2D eigenvalue weighted by Gasteiger charge is -2.46. The number of nitrogens with one attached hydrogen (secondary N) is 2. The molecule has 7 N–H and O–H groups in total. The summed E-state index contributed by atoms with van der Waals surface area (Å²) in [7, 11) is 0. The first-order valence-corrected chi connectivity index (χ1v) is 12.3. The van der Waals surface area contributed by atoms with E-state index in [9.17, 15) is 9.90 Å². The maximum absolute atomic E-state index is 13.4. The van der Waals surface area contributed by atoms with Crippen molar-refractivity contribution in [2.45, 2.75) is 91.3 Å². The lowest BCUT2D eigenvalue weighted by atomic mass is 9.70. The van der Waals surface area contributed by atoms with Crippen LogP contribution in [0.5, 0.6) is 0 Å². The molecule has 1 aliphatic heterocycles. The second-order valence-electron chi connectivity index (χ2n) is 10.4. The summed E-state index contributed by atoms with van der Waals surface area (Å²) < 4.78 is 0. The Morgan fingerprint density at radius 3 is 2.32 bits per heavy atom. The molecule has 1 aromatic rings. The summed E-state index contributed by atoms with van der Waals surface area (Å²) in [5, 5.41) is 17.8. The number of piperidine rings is 1. The highest BCUT2D eigenvalue weighted by atomic mass is 35.5. The summed E-state index contributed by atoms with van der Waals surface area (Å²) in [6.07, 6.45) is 4.78. The molecule has 0 bridgehead atoms. The Bertz CT molecular complexity index is 729. The third kappa shape index (κ3) is 8.18. The number of likely N-dealkylation sites (tertiary alicyclic amines) is 1. The minimum atomic E-state index is -0.281. The Kier molecular flexibility index (Phi) is 13.9. The van der Waals surface area contributed by atoms with Gasteiger partial charge in [-0.3, -0.25) is 15.4 Å². The summed E-state index contributed by atoms with van der Waals surface area (Å²) >= 11 is 6.07. The number of nitrogens with zero attached hydrogens (tertiary/aromatic N) is 1. The molecule has 0 aromatic heterocycles. The van der Waals surface area contributed by atoms with Gasteiger partial charge in [-0.25, -0.2) is 0 Å². The molecule has 1 saturated carbocycles. The molecule has 2 fully saturated rings. The number of carbonyl (C=O) groups excluding carboxylic acids is 1. The smallest absolute Gasteiger partial charge is 0.240 e. The maximum Gasteiger partial charge on any atom is 0.240 e. The van der Waals surface area contributed by atoms with Crippen LogP contribution in [-0.4, -0.2) is 64.8 Å². The van der Waals surface area contributed by atoms with E-state index < -0.39 is 0 Å². The average Bonchev–Trinajstić information content (AvgIpc) is 2.72. The van der Waals surface area contributed by atoms with Gasteiger partial charge in [-0.1, -0.05) is 71.7 Å². The summed E-state index contributed by atoms with van der Waals surface area (Å²) in [6.45, 7) is 10.8. The van der Waals surface area contributed by atoms with Crippen molar-refractivity contribution in [3.63, 3.8) is 0 Å². The zero-order valence-electron chi connectivity index (χ0n) is 20.5. The highest BCUT2D eigenvalue weighted by Crippen LogP contribution is 2.42. The van der Waals surface area contributed by atoms with Crippen LogP contribution in [0, 0.1) is 11.3 Å². The van der Waals surface area contributed by atoms with Crippen LogP contribution in [0.25, 0.3) is 0 Å². The highest BCUT2D eigenvalue weighted by molar-refractivity contribution is 6.30. The molecule has 2 aliphatic rings. The first-order valence-electron chi connectivity index (χ1n) is 11.9. The van der Waals surface area contributed by atoms with E-state index in [2.05, 4.69) is 50.5 Å². The molecule has 34 heavy (non-hydrogen) atoms. The summed E-state index contributed by atoms with van der Waals surface area (Å²) in [5.41, 5.74) is 1.29. The second-order valence-corrected chi connectivity index (χ2v) is 10.8. The van der Waals surface area contributed by atoms with Gasteiger partial charge in [-0.15, -0.1) is 0 Å². The molecular weight excluding hydrogens is 454 g/mol. The van der Waals surface area contributed by atoms with Crippen LogP contribution >= 0.6 is 11.6 Å². The molecule has 1 saturated heterocycles. The van der Waals surface area contributed by atoms with Crippen molar-refractivity contribution in [1.82, 2.24) is 15.5 Å². The van der Waals surface area contributed by atoms with E-state index in [1.807, 2.05) is 17.0 Å². The van der Waals surface area contributed by atoms with Gasteiger partial charge in [0.05, 0.1) is 12.1 Å². The summed E-state index contributed by atoms with van der Waals surface area (Å²) in [4.78, 5) is 15.5. The standard InChI is InChI=1S/C25H40ClN3O2.CH4.2H2O/c1-17(2)23(28-16-27-21-7-5-6-8-22(21)30)24(31)29-14-13-20(25(3,4)15-29)18-9-11-19(26)12-10-18;;;/h9-12,17,20-23,27-28,30H,5-8,13-16H2,1-4H3;1H4;2*1H2/t20?,21?,22?,23-;;;/m1.../s1. The molecule has 4 atom stereocenters. The van der Waals surface area contributed by atoms with Crippen LogP contribution < -0.4 is 10.6 Å². The molecule has 1 aromatic carbocycles. The number of carbonyl (C=O) groups is 1. The van der Waals surface area contributed by atoms with Gasteiger partial charge in [-0.05, 0) is 54.2 Å².